The van der Waals surface area contributed by atoms with Crippen molar-refractivity contribution in [2.24, 2.45) is 0 Å². The molecule has 6 nitrogen and oxygen atoms in total. The minimum Gasteiger partial charge on any atom is -0.507 e. The molecule has 204 valence electrons. The Kier molecular flexibility index (Phi) is 7.86. The zero-order valence-corrected chi connectivity index (χ0v) is 24.0. The van der Waals surface area contributed by atoms with Crippen molar-refractivity contribution in [3.05, 3.63) is 93.6 Å². The van der Waals surface area contributed by atoms with E-state index in [-0.39, 0.29) is 23.4 Å². The van der Waals surface area contributed by atoms with Gasteiger partial charge in [0.1, 0.15) is 17.3 Å². The first-order valence-corrected chi connectivity index (χ1v) is 13.3. The molecule has 1 unspecified atom stereocenters. The molecule has 1 heterocycles. The third kappa shape index (κ3) is 5.29. The van der Waals surface area contributed by atoms with Crippen LogP contribution in [0.25, 0.3) is 5.76 Å². The summed E-state index contributed by atoms with van der Waals surface area (Å²) in [4.78, 5) is 28.8. The Morgan fingerprint density at radius 2 is 1.62 bits per heavy atom. The number of methoxy groups -OCH3 is 1. The van der Waals surface area contributed by atoms with Gasteiger partial charge in [-0.25, -0.2) is 0 Å². The van der Waals surface area contributed by atoms with Crippen molar-refractivity contribution in [1.82, 2.24) is 0 Å². The highest BCUT2D eigenvalue weighted by atomic mass is 16.5. The fourth-order valence-corrected chi connectivity index (χ4v) is 5.05. The van der Waals surface area contributed by atoms with Crippen LogP contribution in [0.3, 0.4) is 0 Å². The summed E-state index contributed by atoms with van der Waals surface area (Å²) in [6.07, 6.45) is -0.0530. The van der Waals surface area contributed by atoms with E-state index in [1.54, 1.807) is 7.11 Å². The molecule has 0 aromatic heterocycles. The summed E-state index contributed by atoms with van der Waals surface area (Å²) in [5.41, 5.74) is 5.52. The molecule has 0 aliphatic carbocycles. The number of ketones is 1. The van der Waals surface area contributed by atoms with Gasteiger partial charge in [-0.3, -0.25) is 14.5 Å². The topological polar surface area (TPSA) is 76.1 Å². The normalized spacial score (nSPS) is 16.9. The molecule has 0 radical (unpaired) electrons. The largest absolute Gasteiger partial charge is 0.507 e. The molecule has 6 heteroatoms. The Morgan fingerprint density at radius 1 is 0.897 bits per heavy atom. The first kappa shape index (κ1) is 28.0. The number of ether oxygens (including phenoxy) is 2. The van der Waals surface area contributed by atoms with Gasteiger partial charge in [0, 0.05) is 11.3 Å². The van der Waals surface area contributed by atoms with Crippen molar-refractivity contribution in [3.8, 4) is 11.5 Å². The number of carbonyl (C=O) groups is 2. The number of anilines is 1. The highest BCUT2D eigenvalue weighted by Crippen LogP contribution is 2.44. The maximum Gasteiger partial charge on any atom is 0.300 e. The summed E-state index contributed by atoms with van der Waals surface area (Å²) in [5.74, 6) is -0.171. The predicted molar refractivity (Wildman–Crippen MR) is 155 cm³/mol. The number of benzene rings is 3. The molecule has 1 aliphatic heterocycles. The van der Waals surface area contributed by atoms with Gasteiger partial charge in [0.05, 0.1) is 24.8 Å². The van der Waals surface area contributed by atoms with Crippen LogP contribution in [0.15, 0.2) is 60.2 Å². The van der Waals surface area contributed by atoms with E-state index in [1.807, 2.05) is 103 Å². The van der Waals surface area contributed by atoms with Crippen LogP contribution in [0.4, 0.5) is 5.69 Å². The highest BCUT2D eigenvalue weighted by molar-refractivity contribution is 6.51. The molecule has 1 atom stereocenters. The number of hydrogen-bond donors (Lipinski definition) is 1. The summed E-state index contributed by atoms with van der Waals surface area (Å²) in [6.45, 7) is 13.8. The van der Waals surface area contributed by atoms with Gasteiger partial charge in [-0.15, -0.1) is 0 Å². The summed E-state index contributed by atoms with van der Waals surface area (Å²) in [6, 6.07) is 15.9. The molecular weight excluding hydrogens is 490 g/mol. The Bertz CT molecular complexity index is 1470. The minimum absolute atomic E-state index is 0.0443. The van der Waals surface area contributed by atoms with E-state index in [4.69, 9.17) is 9.47 Å². The second-order valence-electron chi connectivity index (χ2n) is 10.7. The molecule has 1 N–H and O–H groups in total. The van der Waals surface area contributed by atoms with Crippen LogP contribution in [0.1, 0.15) is 73.0 Å². The van der Waals surface area contributed by atoms with E-state index in [1.165, 1.54) is 4.90 Å². The lowest BCUT2D eigenvalue weighted by Crippen LogP contribution is -2.29. The van der Waals surface area contributed by atoms with Gasteiger partial charge in [0.2, 0.25) is 0 Å². The lowest BCUT2D eigenvalue weighted by molar-refractivity contribution is -0.132. The lowest BCUT2D eigenvalue weighted by atomic mass is 9.91. The van der Waals surface area contributed by atoms with Gasteiger partial charge < -0.3 is 14.6 Å². The quantitative estimate of drug-likeness (QED) is 0.200. The molecule has 1 fully saturated rings. The molecule has 0 bridgehead atoms. The first-order valence-electron chi connectivity index (χ1n) is 13.3. The van der Waals surface area contributed by atoms with E-state index in [9.17, 15) is 14.7 Å². The van der Waals surface area contributed by atoms with Crippen LogP contribution in [0.2, 0.25) is 0 Å². The SMILES string of the molecule is COc1cc(C)c(/C(O)=C2\C(=O)C(=O)N(c3ccc(C)c(C)c3)C2c2cccc(OC(C)C)c2)cc1C(C)C. The zero-order chi connectivity index (χ0) is 28.6. The predicted octanol–water partition coefficient (Wildman–Crippen LogP) is 7.16. The van der Waals surface area contributed by atoms with Crippen LogP contribution < -0.4 is 14.4 Å². The third-order valence-electron chi connectivity index (χ3n) is 7.21. The van der Waals surface area contributed by atoms with Crippen molar-refractivity contribution >= 4 is 23.1 Å². The average molecular weight is 528 g/mol. The van der Waals surface area contributed by atoms with Crippen LogP contribution in [0.5, 0.6) is 11.5 Å². The van der Waals surface area contributed by atoms with Crippen molar-refractivity contribution in [1.29, 1.82) is 0 Å². The molecule has 3 aromatic carbocycles. The van der Waals surface area contributed by atoms with E-state index < -0.39 is 17.7 Å². The molecule has 39 heavy (non-hydrogen) atoms. The van der Waals surface area contributed by atoms with Crippen molar-refractivity contribution in [2.75, 3.05) is 12.0 Å². The van der Waals surface area contributed by atoms with Crippen LogP contribution >= 0.6 is 0 Å². The van der Waals surface area contributed by atoms with Crippen LogP contribution in [-0.2, 0) is 9.59 Å². The van der Waals surface area contributed by atoms with E-state index in [0.717, 1.165) is 22.3 Å². The third-order valence-corrected chi connectivity index (χ3v) is 7.21. The van der Waals surface area contributed by atoms with Crippen molar-refractivity contribution < 1.29 is 24.2 Å². The Hall–Kier alpha value is -4.06. The fourth-order valence-electron chi connectivity index (χ4n) is 5.05. The number of carbonyl (C=O) groups excluding carboxylic acids is 2. The van der Waals surface area contributed by atoms with Crippen LogP contribution in [-0.4, -0.2) is 30.0 Å². The maximum absolute atomic E-state index is 13.7. The van der Waals surface area contributed by atoms with E-state index in [0.29, 0.717) is 28.3 Å². The van der Waals surface area contributed by atoms with Gasteiger partial charge in [0.15, 0.2) is 0 Å². The number of hydrogen-bond acceptors (Lipinski definition) is 5. The van der Waals surface area contributed by atoms with Crippen molar-refractivity contribution in [3.63, 3.8) is 0 Å². The Balaban J connectivity index is 2.00. The number of aliphatic hydroxyl groups is 1. The van der Waals surface area contributed by atoms with Gasteiger partial charge in [-0.1, -0.05) is 32.0 Å². The monoisotopic (exact) mass is 527 g/mol. The van der Waals surface area contributed by atoms with Gasteiger partial charge in [-0.2, -0.15) is 0 Å². The highest BCUT2D eigenvalue weighted by Gasteiger charge is 2.47. The second-order valence-corrected chi connectivity index (χ2v) is 10.7. The second kappa shape index (κ2) is 11.0. The molecule has 1 saturated heterocycles. The maximum atomic E-state index is 13.7. The number of nitrogens with zero attached hydrogens (tertiary/aromatic N) is 1. The number of aryl methyl sites for hydroxylation is 3. The zero-order valence-electron chi connectivity index (χ0n) is 24.0. The van der Waals surface area contributed by atoms with Gasteiger partial charge in [0.25, 0.3) is 11.7 Å². The number of aliphatic hydroxyl groups excluding tert-OH is 1. The first-order chi connectivity index (χ1) is 18.4. The molecule has 4 rings (SSSR count). The number of Topliss-reactive ketones (excluding diaryl/α,β-unsaturated/α-hetero) is 1. The van der Waals surface area contributed by atoms with Crippen LogP contribution in [0, 0.1) is 20.8 Å². The molecular formula is C33H37NO5. The molecule has 1 amide bonds. The summed E-state index contributed by atoms with van der Waals surface area (Å²) < 4.78 is 11.5. The van der Waals surface area contributed by atoms with Crippen molar-refractivity contribution in [2.45, 2.75) is 66.5 Å². The van der Waals surface area contributed by atoms with E-state index in [2.05, 4.69) is 0 Å². The minimum atomic E-state index is -0.841. The number of rotatable bonds is 7. The standard InChI is InChI=1S/C33H37NO5/c1-18(2)26-17-27(22(7)15-28(26)38-8)31(35)29-30(23-10-9-11-25(16-23)39-19(3)4)34(33(37)32(29)36)24-13-12-20(5)21(6)14-24/h9-19,30,35H,1-8H3/b31-29+. The smallest absolute Gasteiger partial charge is 0.300 e. The van der Waals surface area contributed by atoms with E-state index >= 15 is 0 Å². The Labute approximate surface area is 230 Å². The molecule has 3 aromatic rings. The summed E-state index contributed by atoms with van der Waals surface area (Å²) in [5, 5.41) is 11.8. The lowest BCUT2D eigenvalue weighted by Gasteiger charge is -2.27. The Morgan fingerprint density at radius 3 is 2.23 bits per heavy atom. The summed E-state index contributed by atoms with van der Waals surface area (Å²) >= 11 is 0. The molecule has 1 aliphatic rings. The molecule has 0 saturated carbocycles. The average Bonchev–Trinajstić information content (AvgIpc) is 3.15. The van der Waals surface area contributed by atoms with Gasteiger partial charge >= 0.3 is 0 Å². The fraction of sp³-hybridized carbons (Fsp3) is 0.333. The molecule has 0 spiro atoms. The summed E-state index contributed by atoms with van der Waals surface area (Å²) in [7, 11) is 1.61. The number of amides is 1. The van der Waals surface area contributed by atoms with Gasteiger partial charge in [-0.05, 0) is 105 Å².